The molecule has 2 aromatic carbocycles. The molecule has 7 nitrogen and oxygen atoms in total. The first-order chi connectivity index (χ1) is 16.6. The number of hydrogen-bond donors (Lipinski definition) is 2. The van der Waals surface area contributed by atoms with Gasteiger partial charge in [-0.05, 0) is 55.1 Å². The molecule has 0 atom stereocenters. The quantitative estimate of drug-likeness (QED) is 0.465. The van der Waals surface area contributed by atoms with Crippen LogP contribution in [-0.4, -0.2) is 74.1 Å². The molecular formula is C27H34N4O3. The molecule has 0 saturated carbocycles. The van der Waals surface area contributed by atoms with Gasteiger partial charge < -0.3 is 20.7 Å². The highest BCUT2D eigenvalue weighted by Gasteiger charge is 2.20. The van der Waals surface area contributed by atoms with Crippen molar-refractivity contribution in [3.8, 4) is 0 Å². The van der Waals surface area contributed by atoms with Crippen molar-refractivity contribution in [1.29, 1.82) is 0 Å². The fraction of sp³-hybridized carbons (Fsp3) is 0.407. The predicted octanol–water partition coefficient (Wildman–Crippen LogP) is 3.04. The Morgan fingerprint density at radius 1 is 1.00 bits per heavy atom. The number of nitrogens with one attached hydrogen (secondary N) is 1. The van der Waals surface area contributed by atoms with Gasteiger partial charge in [0.1, 0.15) is 0 Å². The Balaban J connectivity index is 1.17. The summed E-state index contributed by atoms with van der Waals surface area (Å²) >= 11 is 0. The van der Waals surface area contributed by atoms with Crippen molar-refractivity contribution in [2.45, 2.75) is 19.3 Å². The first-order valence-electron chi connectivity index (χ1n) is 12.1. The zero-order valence-corrected chi connectivity index (χ0v) is 19.7. The van der Waals surface area contributed by atoms with E-state index < -0.39 is 0 Å². The number of benzene rings is 2. The molecule has 7 heteroatoms. The molecule has 34 heavy (non-hydrogen) atoms. The molecule has 2 aromatic rings. The average Bonchev–Trinajstić information content (AvgIpc) is 2.89. The van der Waals surface area contributed by atoms with Crippen LogP contribution in [0.25, 0.3) is 5.57 Å². The summed E-state index contributed by atoms with van der Waals surface area (Å²) in [4.78, 5) is 29.4. The second-order valence-corrected chi connectivity index (χ2v) is 8.82. The molecule has 2 heterocycles. The van der Waals surface area contributed by atoms with Crippen molar-refractivity contribution in [2.24, 2.45) is 0 Å². The molecule has 2 aliphatic heterocycles. The van der Waals surface area contributed by atoms with Gasteiger partial charge >= 0.3 is 0 Å². The van der Waals surface area contributed by atoms with Crippen LogP contribution in [0.5, 0.6) is 0 Å². The number of carbonyl (C=O) groups is 2. The summed E-state index contributed by atoms with van der Waals surface area (Å²) in [6.45, 7) is 5.91. The minimum absolute atomic E-state index is 0.0783. The van der Waals surface area contributed by atoms with Gasteiger partial charge in [-0.1, -0.05) is 36.4 Å². The van der Waals surface area contributed by atoms with E-state index in [2.05, 4.69) is 46.6 Å². The molecule has 2 aliphatic rings. The Morgan fingerprint density at radius 3 is 2.50 bits per heavy atom. The summed E-state index contributed by atoms with van der Waals surface area (Å²) in [5.41, 5.74) is 10.1. The molecule has 2 amide bonds. The molecule has 4 rings (SSSR count). The number of hydrogen-bond acceptors (Lipinski definition) is 5. The highest BCUT2D eigenvalue weighted by Crippen LogP contribution is 2.22. The third-order valence-electron chi connectivity index (χ3n) is 6.47. The van der Waals surface area contributed by atoms with Crippen molar-refractivity contribution >= 4 is 23.1 Å². The van der Waals surface area contributed by atoms with E-state index in [0.717, 1.165) is 38.9 Å². The smallest absolute Gasteiger partial charge is 0.254 e. The molecular weight excluding hydrogens is 428 g/mol. The number of rotatable bonds is 8. The van der Waals surface area contributed by atoms with Crippen molar-refractivity contribution < 1.29 is 14.3 Å². The third kappa shape index (κ3) is 6.24. The topological polar surface area (TPSA) is 87.9 Å². The van der Waals surface area contributed by atoms with Crippen LogP contribution >= 0.6 is 0 Å². The highest BCUT2D eigenvalue weighted by molar-refractivity contribution is 6.02. The zero-order valence-electron chi connectivity index (χ0n) is 19.7. The lowest BCUT2D eigenvalue weighted by molar-refractivity contribution is 0.0303. The van der Waals surface area contributed by atoms with E-state index in [1.54, 1.807) is 23.1 Å². The van der Waals surface area contributed by atoms with E-state index >= 15 is 0 Å². The van der Waals surface area contributed by atoms with Gasteiger partial charge in [0.2, 0.25) is 0 Å². The molecule has 0 spiro atoms. The highest BCUT2D eigenvalue weighted by atomic mass is 16.5. The van der Waals surface area contributed by atoms with Gasteiger partial charge in [-0.25, -0.2) is 0 Å². The first kappa shape index (κ1) is 24.0. The lowest BCUT2D eigenvalue weighted by Gasteiger charge is -2.27. The lowest BCUT2D eigenvalue weighted by Crippen LogP contribution is -2.40. The average molecular weight is 463 g/mol. The monoisotopic (exact) mass is 462 g/mol. The van der Waals surface area contributed by atoms with Crippen molar-refractivity contribution in [3.05, 3.63) is 71.3 Å². The maximum absolute atomic E-state index is 12.6. The molecule has 1 saturated heterocycles. The summed E-state index contributed by atoms with van der Waals surface area (Å²) in [6, 6.07) is 15.5. The van der Waals surface area contributed by atoms with Crippen LogP contribution in [0.15, 0.2) is 54.6 Å². The van der Waals surface area contributed by atoms with E-state index in [-0.39, 0.29) is 11.8 Å². The van der Waals surface area contributed by atoms with Crippen molar-refractivity contribution in [1.82, 2.24) is 15.1 Å². The molecule has 0 unspecified atom stereocenters. The largest absolute Gasteiger partial charge is 0.398 e. The maximum atomic E-state index is 12.6. The fourth-order valence-electron chi connectivity index (χ4n) is 4.44. The van der Waals surface area contributed by atoms with Gasteiger partial charge in [-0.15, -0.1) is 0 Å². The van der Waals surface area contributed by atoms with Crippen LogP contribution in [0.1, 0.15) is 45.5 Å². The molecule has 180 valence electrons. The number of carbonyl (C=O) groups excluding carboxylic acids is 2. The normalized spacial score (nSPS) is 16.7. The van der Waals surface area contributed by atoms with Gasteiger partial charge in [0.05, 0.1) is 18.8 Å². The SMILES string of the molecule is Nc1cc(C(=O)N2CCOCC2)ccc1C(=O)NCCCCN1CC=C(c2ccccc2)CC1. The van der Waals surface area contributed by atoms with E-state index in [0.29, 0.717) is 49.7 Å². The fourth-order valence-corrected chi connectivity index (χ4v) is 4.44. The minimum Gasteiger partial charge on any atom is -0.398 e. The summed E-state index contributed by atoms with van der Waals surface area (Å²) in [6.07, 6.45) is 5.34. The Bertz CT molecular complexity index is 1020. The number of amides is 2. The van der Waals surface area contributed by atoms with Gasteiger partial charge in [0.15, 0.2) is 0 Å². The van der Waals surface area contributed by atoms with Gasteiger partial charge in [0.25, 0.3) is 11.8 Å². The molecule has 0 aromatic heterocycles. The number of unbranched alkanes of at least 4 members (excludes halogenated alkanes) is 1. The summed E-state index contributed by atoms with van der Waals surface area (Å²) in [5.74, 6) is -0.276. The van der Waals surface area contributed by atoms with Gasteiger partial charge in [-0.2, -0.15) is 0 Å². The first-order valence-corrected chi connectivity index (χ1v) is 12.1. The molecule has 0 aliphatic carbocycles. The standard InChI is InChI=1S/C27H34N4O3/c28-25-20-23(27(33)31-16-18-34-19-17-31)8-9-24(25)26(32)29-12-4-5-13-30-14-10-22(11-15-30)21-6-2-1-3-7-21/h1-3,6-10,20H,4-5,11-19,28H2,(H,29,32). The van der Waals surface area contributed by atoms with Crippen LogP contribution in [0.3, 0.4) is 0 Å². The second kappa shape index (κ2) is 11.8. The van der Waals surface area contributed by atoms with E-state index in [1.165, 1.54) is 11.1 Å². The molecule has 0 radical (unpaired) electrons. The Hall–Kier alpha value is -3.16. The van der Waals surface area contributed by atoms with E-state index in [4.69, 9.17) is 10.5 Å². The van der Waals surface area contributed by atoms with Crippen molar-refractivity contribution in [2.75, 3.05) is 58.2 Å². The third-order valence-corrected chi connectivity index (χ3v) is 6.47. The second-order valence-electron chi connectivity index (χ2n) is 8.82. The van der Waals surface area contributed by atoms with Crippen molar-refractivity contribution in [3.63, 3.8) is 0 Å². The van der Waals surface area contributed by atoms with Crippen LogP contribution in [0.4, 0.5) is 5.69 Å². The van der Waals surface area contributed by atoms with Crippen LogP contribution in [-0.2, 0) is 4.74 Å². The van der Waals surface area contributed by atoms with E-state index in [1.807, 2.05) is 0 Å². The van der Waals surface area contributed by atoms with Gasteiger partial charge in [0, 0.05) is 44.0 Å². The molecule has 1 fully saturated rings. The number of ether oxygens (including phenoxy) is 1. The Labute approximate surface area is 201 Å². The summed E-state index contributed by atoms with van der Waals surface area (Å²) in [7, 11) is 0. The molecule has 0 bridgehead atoms. The van der Waals surface area contributed by atoms with Crippen LogP contribution in [0.2, 0.25) is 0 Å². The zero-order chi connectivity index (χ0) is 23.8. The number of morpholine rings is 1. The Morgan fingerprint density at radius 2 is 1.79 bits per heavy atom. The lowest BCUT2D eigenvalue weighted by atomic mass is 9.99. The summed E-state index contributed by atoms with van der Waals surface area (Å²) < 4.78 is 5.29. The minimum atomic E-state index is -0.198. The summed E-state index contributed by atoms with van der Waals surface area (Å²) in [5, 5.41) is 2.96. The van der Waals surface area contributed by atoms with Crippen LogP contribution < -0.4 is 11.1 Å². The van der Waals surface area contributed by atoms with E-state index in [9.17, 15) is 9.59 Å². The van der Waals surface area contributed by atoms with Gasteiger partial charge in [-0.3, -0.25) is 14.5 Å². The number of anilines is 1. The number of nitrogen functional groups attached to an aromatic ring is 1. The molecule has 3 N–H and O–H groups in total. The number of nitrogens with zero attached hydrogens (tertiary/aromatic N) is 2. The van der Waals surface area contributed by atoms with Crippen LogP contribution in [0, 0.1) is 0 Å². The maximum Gasteiger partial charge on any atom is 0.254 e. The number of nitrogens with two attached hydrogens (primary N) is 1. The Kier molecular flexibility index (Phi) is 8.33. The predicted molar refractivity (Wildman–Crippen MR) is 135 cm³/mol.